The Balaban J connectivity index is 3.49. The van der Waals surface area contributed by atoms with Crippen LogP contribution in [0, 0.1) is 32.7 Å². The molecule has 0 aliphatic heterocycles. The Kier molecular flexibility index (Phi) is 2.43. The van der Waals surface area contributed by atoms with E-state index in [4.69, 9.17) is 11.5 Å². The Labute approximate surface area is 78.2 Å². The molecule has 1 rings (SSSR count). The fraction of sp³-hybridized carbons (Fsp3) is 0.300. The second-order valence-electron chi connectivity index (χ2n) is 2.98. The average molecular weight is 175 g/mol. The Morgan fingerprint density at radius 1 is 1.15 bits per heavy atom. The van der Waals surface area contributed by atoms with E-state index in [1.807, 2.05) is 20.8 Å². The van der Waals surface area contributed by atoms with Gasteiger partial charge in [0.1, 0.15) is 5.82 Å². The lowest BCUT2D eigenvalue weighted by molar-refractivity contribution is 1.12. The summed E-state index contributed by atoms with van der Waals surface area (Å²) in [4.78, 5) is 4.17. The fourth-order valence-electron chi connectivity index (χ4n) is 1.20. The van der Waals surface area contributed by atoms with E-state index < -0.39 is 0 Å². The number of hydrogen-bond donors (Lipinski definition) is 2. The molecule has 0 aromatic carbocycles. The lowest BCUT2D eigenvalue weighted by Gasteiger charge is -2.08. The third kappa shape index (κ3) is 1.57. The van der Waals surface area contributed by atoms with Crippen molar-refractivity contribution in [2.75, 3.05) is 5.73 Å². The number of nitrogens with zero attached hydrogens (tertiary/aromatic N) is 1. The molecule has 3 nitrogen and oxygen atoms in total. The lowest BCUT2D eigenvalue weighted by Crippen LogP contribution is -2.03. The fourth-order valence-corrected chi connectivity index (χ4v) is 1.20. The summed E-state index contributed by atoms with van der Waals surface area (Å²) in [5.74, 6) is 3.21. The minimum absolute atomic E-state index is 0.457. The number of hydrogen-bond acceptors (Lipinski definition) is 3. The summed E-state index contributed by atoms with van der Waals surface area (Å²) in [6.45, 7) is 5.90. The van der Waals surface area contributed by atoms with Gasteiger partial charge in [-0.05, 0) is 37.8 Å². The van der Waals surface area contributed by atoms with Gasteiger partial charge in [0.25, 0.3) is 0 Å². The van der Waals surface area contributed by atoms with Crippen LogP contribution in [-0.2, 0) is 0 Å². The molecule has 1 aromatic rings. The predicted octanol–water partition coefficient (Wildman–Crippen LogP) is 0.857. The van der Waals surface area contributed by atoms with E-state index in [-0.39, 0.29) is 0 Å². The smallest absolute Gasteiger partial charge is 0.139 e. The zero-order chi connectivity index (χ0) is 10.0. The summed E-state index contributed by atoms with van der Waals surface area (Å²) in [5.41, 5.74) is 14.7. The molecule has 0 saturated carbocycles. The summed E-state index contributed by atoms with van der Waals surface area (Å²) in [5, 5.41) is 0. The molecule has 0 amide bonds. The molecule has 0 spiro atoms. The molecule has 1 aromatic heterocycles. The van der Waals surface area contributed by atoms with E-state index >= 15 is 0 Å². The van der Waals surface area contributed by atoms with Crippen LogP contribution < -0.4 is 11.5 Å². The Morgan fingerprint density at radius 2 is 1.77 bits per heavy atom. The van der Waals surface area contributed by atoms with Crippen molar-refractivity contribution in [3.63, 3.8) is 0 Å². The maximum Gasteiger partial charge on any atom is 0.139 e. The molecule has 0 aliphatic carbocycles. The van der Waals surface area contributed by atoms with Gasteiger partial charge < -0.3 is 11.5 Å². The highest BCUT2D eigenvalue weighted by Gasteiger charge is 2.07. The van der Waals surface area contributed by atoms with Crippen LogP contribution in [0.3, 0.4) is 0 Å². The molecule has 4 N–H and O–H groups in total. The van der Waals surface area contributed by atoms with Gasteiger partial charge in [0.15, 0.2) is 0 Å². The van der Waals surface area contributed by atoms with E-state index in [0.29, 0.717) is 5.82 Å². The Morgan fingerprint density at radius 3 is 2.31 bits per heavy atom. The van der Waals surface area contributed by atoms with E-state index in [2.05, 4.69) is 16.9 Å². The van der Waals surface area contributed by atoms with Gasteiger partial charge in [-0.2, -0.15) is 0 Å². The molecule has 0 bridgehead atoms. The van der Waals surface area contributed by atoms with Crippen molar-refractivity contribution < 1.29 is 0 Å². The standard InChI is InChI=1S/C10H13N3/c1-6-7(2)9(4-5-11)10(12)13-8(6)3/h11H2,1-3H3,(H2,12,13). The second-order valence-corrected chi connectivity index (χ2v) is 2.98. The highest BCUT2D eigenvalue weighted by atomic mass is 14.8. The summed E-state index contributed by atoms with van der Waals surface area (Å²) >= 11 is 0. The average Bonchev–Trinajstić information content (AvgIpc) is 2.09. The molecule has 0 atom stereocenters. The summed E-state index contributed by atoms with van der Waals surface area (Å²) in [7, 11) is 0. The normalized spacial score (nSPS) is 9.15. The van der Waals surface area contributed by atoms with Crippen LogP contribution >= 0.6 is 0 Å². The van der Waals surface area contributed by atoms with E-state index in [1.165, 1.54) is 0 Å². The highest BCUT2D eigenvalue weighted by Crippen LogP contribution is 2.19. The van der Waals surface area contributed by atoms with Crippen molar-refractivity contribution in [1.82, 2.24) is 4.98 Å². The molecular weight excluding hydrogens is 162 g/mol. The van der Waals surface area contributed by atoms with Gasteiger partial charge in [-0.1, -0.05) is 0 Å². The quantitative estimate of drug-likeness (QED) is 0.454. The Bertz CT molecular complexity index is 397. The number of nitrogens with two attached hydrogens (primary N) is 2. The maximum absolute atomic E-state index is 5.71. The number of anilines is 1. The van der Waals surface area contributed by atoms with Crippen LogP contribution in [-0.4, -0.2) is 4.98 Å². The van der Waals surface area contributed by atoms with Gasteiger partial charge in [0.2, 0.25) is 0 Å². The topological polar surface area (TPSA) is 64.9 Å². The van der Waals surface area contributed by atoms with Gasteiger partial charge in [-0.3, -0.25) is 0 Å². The molecule has 1 heterocycles. The molecule has 0 unspecified atom stereocenters. The van der Waals surface area contributed by atoms with Crippen LogP contribution in [0.1, 0.15) is 22.4 Å². The SMILES string of the molecule is Cc1nc(N)c(C#CN)c(C)c1C. The summed E-state index contributed by atoms with van der Waals surface area (Å²) in [6.07, 6.45) is 0. The van der Waals surface area contributed by atoms with Crippen molar-refractivity contribution in [3.05, 3.63) is 22.4 Å². The van der Waals surface area contributed by atoms with Crippen LogP contribution in [0.25, 0.3) is 0 Å². The van der Waals surface area contributed by atoms with Crippen molar-refractivity contribution in [2.45, 2.75) is 20.8 Å². The summed E-state index contributed by atoms with van der Waals surface area (Å²) < 4.78 is 0. The molecule has 68 valence electrons. The zero-order valence-corrected chi connectivity index (χ0v) is 8.10. The third-order valence-corrected chi connectivity index (χ3v) is 2.22. The first-order valence-corrected chi connectivity index (χ1v) is 4.02. The number of aromatic nitrogens is 1. The first-order chi connectivity index (χ1) is 6.07. The molecule has 0 fully saturated rings. The van der Waals surface area contributed by atoms with E-state index in [9.17, 15) is 0 Å². The van der Waals surface area contributed by atoms with Crippen LogP contribution in [0.2, 0.25) is 0 Å². The van der Waals surface area contributed by atoms with Gasteiger partial charge in [-0.25, -0.2) is 4.98 Å². The number of rotatable bonds is 0. The summed E-state index contributed by atoms with van der Waals surface area (Å²) in [6, 6.07) is 2.34. The van der Waals surface area contributed by atoms with Gasteiger partial charge >= 0.3 is 0 Å². The minimum Gasteiger partial charge on any atom is -0.383 e. The van der Waals surface area contributed by atoms with Crippen LogP contribution in [0.5, 0.6) is 0 Å². The van der Waals surface area contributed by atoms with Crippen molar-refractivity contribution in [1.29, 1.82) is 0 Å². The molecule has 13 heavy (non-hydrogen) atoms. The van der Waals surface area contributed by atoms with Crippen molar-refractivity contribution in [2.24, 2.45) is 5.73 Å². The second kappa shape index (κ2) is 3.36. The van der Waals surface area contributed by atoms with E-state index in [0.717, 1.165) is 22.4 Å². The zero-order valence-electron chi connectivity index (χ0n) is 8.10. The van der Waals surface area contributed by atoms with Gasteiger partial charge in [0.05, 0.1) is 5.56 Å². The molecule has 0 radical (unpaired) electrons. The highest BCUT2D eigenvalue weighted by molar-refractivity contribution is 5.57. The van der Waals surface area contributed by atoms with Gasteiger partial charge in [0, 0.05) is 11.7 Å². The molecule has 0 aliphatic rings. The van der Waals surface area contributed by atoms with E-state index in [1.54, 1.807) is 0 Å². The van der Waals surface area contributed by atoms with Crippen LogP contribution in [0.15, 0.2) is 0 Å². The van der Waals surface area contributed by atoms with Crippen LogP contribution in [0.4, 0.5) is 5.82 Å². The Hall–Kier alpha value is -1.69. The van der Waals surface area contributed by atoms with Crippen molar-refractivity contribution in [3.8, 4) is 12.0 Å². The molecule has 3 heteroatoms. The predicted molar refractivity (Wildman–Crippen MR) is 53.9 cm³/mol. The third-order valence-electron chi connectivity index (χ3n) is 2.22. The number of aryl methyl sites for hydroxylation is 1. The number of pyridine rings is 1. The first kappa shape index (κ1) is 9.40. The number of nitrogen functional groups attached to an aromatic ring is 1. The largest absolute Gasteiger partial charge is 0.383 e. The maximum atomic E-state index is 5.71. The molecular formula is C10H13N3. The van der Waals surface area contributed by atoms with Gasteiger partial charge in [-0.15, -0.1) is 0 Å². The monoisotopic (exact) mass is 175 g/mol. The minimum atomic E-state index is 0.457. The first-order valence-electron chi connectivity index (χ1n) is 4.02. The lowest BCUT2D eigenvalue weighted by atomic mass is 10.0. The molecule has 0 saturated heterocycles. The van der Waals surface area contributed by atoms with Crippen molar-refractivity contribution >= 4 is 5.82 Å².